The highest BCUT2D eigenvalue weighted by molar-refractivity contribution is 7.22. The summed E-state index contributed by atoms with van der Waals surface area (Å²) in [6.07, 6.45) is 5.14. The third-order valence-corrected chi connectivity index (χ3v) is 5.40. The second-order valence-electron chi connectivity index (χ2n) is 5.99. The number of thiazole rings is 1. The number of nitrogens with one attached hydrogen (secondary N) is 1. The molecule has 1 aliphatic heterocycles. The van der Waals surface area contributed by atoms with Crippen LogP contribution in [0.4, 0.5) is 16.8 Å². The molecule has 1 aliphatic rings. The summed E-state index contributed by atoms with van der Waals surface area (Å²) in [5, 5.41) is 13.4. The number of fused-ring (bicyclic) bond motifs is 1. The van der Waals surface area contributed by atoms with Crippen molar-refractivity contribution in [2.24, 2.45) is 5.92 Å². The SMILES string of the molecule is COc1cc(Nc2nccc3nc(N4CCCC(C#N)C4)sc23)ncn1. The molecule has 0 bridgehead atoms. The first-order valence-corrected chi connectivity index (χ1v) is 9.11. The number of piperidine rings is 1. The van der Waals surface area contributed by atoms with Crippen LogP contribution in [-0.2, 0) is 0 Å². The number of ether oxygens (including phenoxy) is 1. The molecule has 132 valence electrons. The molecule has 4 heterocycles. The third kappa shape index (κ3) is 3.23. The summed E-state index contributed by atoms with van der Waals surface area (Å²) >= 11 is 1.58. The number of nitrogens with zero attached hydrogens (tertiary/aromatic N) is 6. The average molecular weight is 367 g/mol. The third-order valence-electron chi connectivity index (χ3n) is 4.27. The second-order valence-corrected chi connectivity index (χ2v) is 6.97. The van der Waals surface area contributed by atoms with Crippen molar-refractivity contribution in [3.63, 3.8) is 0 Å². The van der Waals surface area contributed by atoms with Gasteiger partial charge in [0.15, 0.2) is 10.9 Å². The quantitative estimate of drug-likeness (QED) is 0.751. The van der Waals surface area contributed by atoms with E-state index < -0.39 is 0 Å². The fourth-order valence-corrected chi connectivity index (χ4v) is 4.01. The lowest BCUT2D eigenvalue weighted by molar-refractivity contribution is 0.397. The highest BCUT2D eigenvalue weighted by Crippen LogP contribution is 2.35. The normalized spacial score (nSPS) is 17.1. The van der Waals surface area contributed by atoms with Gasteiger partial charge in [0, 0.05) is 25.4 Å². The average Bonchev–Trinajstić information content (AvgIpc) is 3.14. The van der Waals surface area contributed by atoms with Crippen molar-refractivity contribution in [3.8, 4) is 11.9 Å². The molecule has 1 atom stereocenters. The summed E-state index contributed by atoms with van der Waals surface area (Å²) in [7, 11) is 1.56. The van der Waals surface area contributed by atoms with E-state index in [0.29, 0.717) is 17.5 Å². The van der Waals surface area contributed by atoms with Gasteiger partial charge in [0.2, 0.25) is 5.88 Å². The molecule has 1 saturated heterocycles. The van der Waals surface area contributed by atoms with E-state index in [2.05, 4.69) is 31.2 Å². The number of methoxy groups -OCH3 is 1. The molecule has 1 N–H and O–H groups in total. The summed E-state index contributed by atoms with van der Waals surface area (Å²) in [5.74, 6) is 1.85. The maximum Gasteiger partial charge on any atom is 0.218 e. The van der Waals surface area contributed by atoms with Gasteiger partial charge in [-0.3, -0.25) is 0 Å². The zero-order valence-corrected chi connectivity index (χ0v) is 15.0. The van der Waals surface area contributed by atoms with Gasteiger partial charge in [0.05, 0.1) is 29.3 Å². The standard InChI is InChI=1S/C17H17N7OS/c1-25-14-7-13(20-10-21-14)23-16-15-12(4-5-19-16)22-17(26-15)24-6-2-3-11(8-18)9-24/h4-5,7,10-11H,2-3,6,9H2,1H3,(H,19,20,21,23). The smallest absolute Gasteiger partial charge is 0.218 e. The molecule has 0 amide bonds. The molecule has 0 radical (unpaired) electrons. The molecule has 8 nitrogen and oxygen atoms in total. The van der Waals surface area contributed by atoms with Crippen LogP contribution in [0.3, 0.4) is 0 Å². The van der Waals surface area contributed by atoms with Crippen molar-refractivity contribution in [2.75, 3.05) is 30.4 Å². The lowest BCUT2D eigenvalue weighted by Gasteiger charge is -2.28. The van der Waals surface area contributed by atoms with Crippen LogP contribution in [-0.4, -0.2) is 40.1 Å². The number of pyridine rings is 1. The second kappa shape index (κ2) is 7.09. The lowest BCUT2D eigenvalue weighted by Crippen LogP contribution is -2.34. The number of hydrogen-bond donors (Lipinski definition) is 1. The fraction of sp³-hybridized carbons (Fsp3) is 0.353. The Kier molecular flexibility index (Phi) is 4.50. The maximum absolute atomic E-state index is 9.21. The molecule has 26 heavy (non-hydrogen) atoms. The van der Waals surface area contributed by atoms with Crippen molar-refractivity contribution in [1.82, 2.24) is 19.9 Å². The number of hydrogen-bond acceptors (Lipinski definition) is 9. The topological polar surface area (TPSA) is 99.8 Å². The predicted octanol–water partition coefficient (Wildman–Crippen LogP) is 2.97. The molecule has 4 rings (SSSR count). The number of nitriles is 1. The van der Waals surface area contributed by atoms with E-state index in [1.165, 1.54) is 6.33 Å². The van der Waals surface area contributed by atoms with Crippen LogP contribution in [0.25, 0.3) is 10.2 Å². The molecule has 0 saturated carbocycles. The molecular weight excluding hydrogens is 350 g/mol. The Morgan fingerprint density at radius 3 is 3.15 bits per heavy atom. The molecular formula is C17H17N7OS. The van der Waals surface area contributed by atoms with Crippen molar-refractivity contribution in [1.29, 1.82) is 5.26 Å². The van der Waals surface area contributed by atoms with E-state index in [1.54, 1.807) is 30.7 Å². The summed E-state index contributed by atoms with van der Waals surface area (Å²) in [6, 6.07) is 5.99. The minimum Gasteiger partial charge on any atom is -0.481 e. The maximum atomic E-state index is 9.21. The highest BCUT2D eigenvalue weighted by Gasteiger charge is 2.22. The Morgan fingerprint density at radius 1 is 1.38 bits per heavy atom. The Morgan fingerprint density at radius 2 is 2.31 bits per heavy atom. The van der Waals surface area contributed by atoms with Gasteiger partial charge in [0.1, 0.15) is 12.1 Å². The molecule has 0 spiro atoms. The van der Waals surface area contributed by atoms with Crippen molar-refractivity contribution in [2.45, 2.75) is 12.8 Å². The Bertz CT molecular complexity index is 967. The first-order valence-electron chi connectivity index (χ1n) is 8.30. The summed E-state index contributed by atoms with van der Waals surface area (Å²) < 4.78 is 6.09. The Hall–Kier alpha value is -2.99. The van der Waals surface area contributed by atoms with Gasteiger partial charge in [-0.05, 0) is 18.9 Å². The predicted molar refractivity (Wildman–Crippen MR) is 99.8 cm³/mol. The van der Waals surface area contributed by atoms with E-state index >= 15 is 0 Å². The first kappa shape index (κ1) is 16.5. The minimum absolute atomic E-state index is 0.0694. The van der Waals surface area contributed by atoms with E-state index in [1.807, 2.05) is 6.07 Å². The molecule has 0 aromatic carbocycles. The Labute approximate surface area is 154 Å². The number of rotatable bonds is 4. The van der Waals surface area contributed by atoms with Crippen molar-refractivity contribution in [3.05, 3.63) is 24.7 Å². The summed E-state index contributed by atoms with van der Waals surface area (Å²) in [4.78, 5) is 19.6. The summed E-state index contributed by atoms with van der Waals surface area (Å²) in [6.45, 7) is 1.66. The van der Waals surface area contributed by atoms with E-state index in [9.17, 15) is 5.26 Å². The van der Waals surface area contributed by atoms with Crippen molar-refractivity contribution < 1.29 is 4.74 Å². The van der Waals surface area contributed by atoms with Gasteiger partial charge in [-0.2, -0.15) is 5.26 Å². The van der Waals surface area contributed by atoms with Crippen LogP contribution in [0.15, 0.2) is 24.7 Å². The van der Waals surface area contributed by atoms with Crippen LogP contribution in [0, 0.1) is 17.2 Å². The van der Waals surface area contributed by atoms with Gasteiger partial charge in [0.25, 0.3) is 0 Å². The van der Waals surface area contributed by atoms with Crippen molar-refractivity contribution >= 4 is 38.3 Å². The molecule has 0 aliphatic carbocycles. The first-order chi connectivity index (χ1) is 12.8. The zero-order valence-electron chi connectivity index (χ0n) is 14.2. The minimum atomic E-state index is 0.0694. The van der Waals surface area contributed by atoms with Crippen LogP contribution >= 0.6 is 11.3 Å². The van der Waals surface area contributed by atoms with Gasteiger partial charge >= 0.3 is 0 Å². The monoisotopic (exact) mass is 367 g/mol. The molecule has 1 unspecified atom stereocenters. The van der Waals surface area contributed by atoms with E-state index in [0.717, 1.165) is 41.3 Å². The number of anilines is 3. The number of aromatic nitrogens is 4. The van der Waals surface area contributed by atoms with Crippen LogP contribution < -0.4 is 15.0 Å². The Balaban J connectivity index is 1.64. The van der Waals surface area contributed by atoms with Gasteiger partial charge < -0.3 is 15.0 Å². The fourth-order valence-electron chi connectivity index (χ4n) is 2.97. The molecule has 9 heteroatoms. The lowest BCUT2D eigenvalue weighted by atomic mass is 10.0. The molecule has 1 fully saturated rings. The van der Waals surface area contributed by atoms with Gasteiger partial charge in [-0.1, -0.05) is 11.3 Å². The van der Waals surface area contributed by atoms with E-state index in [-0.39, 0.29) is 5.92 Å². The van der Waals surface area contributed by atoms with Gasteiger partial charge in [-0.25, -0.2) is 19.9 Å². The van der Waals surface area contributed by atoms with Crippen LogP contribution in [0.1, 0.15) is 12.8 Å². The highest BCUT2D eigenvalue weighted by atomic mass is 32.1. The van der Waals surface area contributed by atoms with Crippen LogP contribution in [0.5, 0.6) is 5.88 Å². The summed E-state index contributed by atoms with van der Waals surface area (Å²) in [5.41, 5.74) is 0.877. The zero-order chi connectivity index (χ0) is 17.9. The molecule has 3 aromatic rings. The molecule has 3 aromatic heterocycles. The van der Waals surface area contributed by atoms with Gasteiger partial charge in [-0.15, -0.1) is 0 Å². The van der Waals surface area contributed by atoms with Crippen LogP contribution in [0.2, 0.25) is 0 Å². The largest absolute Gasteiger partial charge is 0.481 e. The van der Waals surface area contributed by atoms with E-state index in [4.69, 9.17) is 9.72 Å².